The highest BCUT2D eigenvalue weighted by atomic mass is 16.6. The normalized spacial score (nSPS) is 17.1. The van der Waals surface area contributed by atoms with Crippen molar-refractivity contribution in [2.45, 2.75) is 97.1 Å². The van der Waals surface area contributed by atoms with Crippen LogP contribution in [0.3, 0.4) is 0 Å². The Bertz CT molecular complexity index is 574. The zero-order valence-electron chi connectivity index (χ0n) is 18.5. The van der Waals surface area contributed by atoms with Gasteiger partial charge >= 0.3 is 11.9 Å². The SMILES string of the molecule is COC(=O)C(NC(=O)C(CCCC1CCCCC1)CC(=O)OC(C)(C)C)C(C)=O. The van der Waals surface area contributed by atoms with Crippen molar-refractivity contribution in [1.29, 1.82) is 0 Å². The third-order valence-electron chi connectivity index (χ3n) is 5.22. The third-order valence-corrected chi connectivity index (χ3v) is 5.22. The molecule has 0 saturated heterocycles. The number of nitrogens with one attached hydrogen (secondary N) is 1. The molecule has 1 N–H and O–H groups in total. The molecule has 29 heavy (non-hydrogen) atoms. The molecule has 1 saturated carbocycles. The largest absolute Gasteiger partial charge is 0.467 e. The summed E-state index contributed by atoms with van der Waals surface area (Å²) in [5.74, 6) is -2.26. The van der Waals surface area contributed by atoms with Gasteiger partial charge in [-0.1, -0.05) is 44.9 Å². The Morgan fingerprint density at radius 1 is 1.07 bits per heavy atom. The number of Topliss-reactive ketones (excluding diaryl/α,β-unsaturated/α-hetero) is 1. The van der Waals surface area contributed by atoms with E-state index in [0.29, 0.717) is 12.3 Å². The fraction of sp³-hybridized carbons (Fsp3) is 0.818. The summed E-state index contributed by atoms with van der Waals surface area (Å²) >= 11 is 0. The van der Waals surface area contributed by atoms with Crippen molar-refractivity contribution in [1.82, 2.24) is 5.32 Å². The monoisotopic (exact) mass is 411 g/mol. The van der Waals surface area contributed by atoms with Gasteiger partial charge in [0.2, 0.25) is 5.91 Å². The molecule has 0 bridgehead atoms. The number of ether oxygens (including phenoxy) is 2. The van der Waals surface area contributed by atoms with E-state index in [-0.39, 0.29) is 6.42 Å². The lowest BCUT2D eigenvalue weighted by atomic mass is 9.84. The molecule has 0 aromatic heterocycles. The minimum atomic E-state index is -1.35. The molecular formula is C22H37NO6. The Morgan fingerprint density at radius 3 is 2.21 bits per heavy atom. The number of carbonyl (C=O) groups is 4. The highest BCUT2D eigenvalue weighted by Gasteiger charge is 2.31. The van der Waals surface area contributed by atoms with Crippen molar-refractivity contribution in [3.63, 3.8) is 0 Å². The summed E-state index contributed by atoms with van der Waals surface area (Å²) in [5, 5.41) is 2.45. The molecule has 1 rings (SSSR count). The molecule has 0 aromatic rings. The van der Waals surface area contributed by atoms with E-state index < -0.39 is 41.2 Å². The van der Waals surface area contributed by atoms with E-state index in [1.807, 2.05) is 0 Å². The van der Waals surface area contributed by atoms with Crippen LogP contribution in [0.2, 0.25) is 0 Å². The zero-order chi connectivity index (χ0) is 22.0. The first-order chi connectivity index (χ1) is 13.5. The van der Waals surface area contributed by atoms with Crippen LogP contribution >= 0.6 is 0 Å². The molecule has 0 aromatic carbocycles. The number of hydrogen-bond acceptors (Lipinski definition) is 6. The van der Waals surface area contributed by atoms with E-state index in [2.05, 4.69) is 10.1 Å². The maximum absolute atomic E-state index is 12.8. The second-order valence-electron chi connectivity index (χ2n) is 9.00. The molecule has 1 fully saturated rings. The fourth-order valence-electron chi connectivity index (χ4n) is 3.74. The van der Waals surface area contributed by atoms with Gasteiger partial charge in [0.15, 0.2) is 11.8 Å². The van der Waals surface area contributed by atoms with Crippen LogP contribution < -0.4 is 5.32 Å². The Balaban J connectivity index is 2.75. The smallest absolute Gasteiger partial charge is 0.336 e. The number of hydrogen-bond donors (Lipinski definition) is 1. The first-order valence-electron chi connectivity index (χ1n) is 10.6. The first-order valence-corrected chi connectivity index (χ1v) is 10.6. The summed E-state index contributed by atoms with van der Waals surface area (Å²) < 4.78 is 9.95. The Kier molecular flexibility index (Phi) is 10.3. The third kappa shape index (κ3) is 9.90. The van der Waals surface area contributed by atoms with Gasteiger partial charge in [0.25, 0.3) is 0 Å². The van der Waals surface area contributed by atoms with Gasteiger partial charge in [-0.3, -0.25) is 14.4 Å². The highest BCUT2D eigenvalue weighted by molar-refractivity contribution is 6.05. The average Bonchev–Trinajstić information content (AvgIpc) is 2.63. The van der Waals surface area contributed by atoms with Gasteiger partial charge < -0.3 is 14.8 Å². The summed E-state index contributed by atoms with van der Waals surface area (Å²) in [6.07, 6.45) is 8.50. The number of ketones is 1. The van der Waals surface area contributed by atoms with Crippen LogP contribution in [0, 0.1) is 11.8 Å². The van der Waals surface area contributed by atoms with Gasteiger partial charge in [-0.2, -0.15) is 0 Å². The highest BCUT2D eigenvalue weighted by Crippen LogP contribution is 2.29. The summed E-state index contributed by atoms with van der Waals surface area (Å²) in [6, 6.07) is -1.35. The molecule has 7 nitrogen and oxygen atoms in total. The second-order valence-corrected chi connectivity index (χ2v) is 9.00. The molecule has 0 aliphatic heterocycles. The van der Waals surface area contributed by atoms with E-state index >= 15 is 0 Å². The molecule has 0 heterocycles. The molecule has 0 radical (unpaired) electrons. The quantitative estimate of drug-likeness (QED) is 0.437. The minimum Gasteiger partial charge on any atom is -0.467 e. The number of carbonyl (C=O) groups excluding carboxylic acids is 4. The van der Waals surface area contributed by atoms with Crippen LogP contribution in [0.25, 0.3) is 0 Å². The number of rotatable bonds is 10. The van der Waals surface area contributed by atoms with Crippen molar-refractivity contribution in [2.24, 2.45) is 11.8 Å². The minimum absolute atomic E-state index is 0.0838. The van der Waals surface area contributed by atoms with E-state index in [9.17, 15) is 19.2 Å². The van der Waals surface area contributed by atoms with Crippen molar-refractivity contribution in [2.75, 3.05) is 7.11 Å². The van der Waals surface area contributed by atoms with E-state index in [1.54, 1.807) is 20.8 Å². The second kappa shape index (κ2) is 11.9. The maximum atomic E-state index is 12.8. The lowest BCUT2D eigenvalue weighted by Gasteiger charge is -2.24. The topological polar surface area (TPSA) is 98.8 Å². The lowest BCUT2D eigenvalue weighted by molar-refractivity contribution is -0.157. The molecule has 1 amide bonds. The van der Waals surface area contributed by atoms with Crippen molar-refractivity contribution in [3.8, 4) is 0 Å². The van der Waals surface area contributed by atoms with E-state index in [1.165, 1.54) is 39.0 Å². The Morgan fingerprint density at radius 2 is 1.69 bits per heavy atom. The van der Waals surface area contributed by atoms with E-state index in [0.717, 1.165) is 20.0 Å². The van der Waals surface area contributed by atoms with Gasteiger partial charge in [-0.05, 0) is 40.0 Å². The summed E-state index contributed by atoms with van der Waals surface area (Å²) in [5.41, 5.74) is -0.645. The van der Waals surface area contributed by atoms with Gasteiger partial charge in [0, 0.05) is 5.92 Å². The van der Waals surface area contributed by atoms with Gasteiger partial charge in [0.05, 0.1) is 13.5 Å². The molecule has 2 atom stereocenters. The number of esters is 2. The summed E-state index contributed by atoms with van der Waals surface area (Å²) in [4.78, 5) is 48.6. The first kappa shape index (κ1) is 25.1. The van der Waals surface area contributed by atoms with Crippen LogP contribution in [-0.4, -0.2) is 42.4 Å². The van der Waals surface area contributed by atoms with Crippen LogP contribution in [0.5, 0.6) is 0 Å². The Labute approximate surface area is 174 Å². The molecule has 166 valence electrons. The Hall–Kier alpha value is -1.92. The van der Waals surface area contributed by atoms with Gasteiger partial charge in [-0.25, -0.2) is 4.79 Å². The van der Waals surface area contributed by atoms with Crippen molar-refractivity contribution < 1.29 is 28.7 Å². The number of amides is 1. The fourth-order valence-corrected chi connectivity index (χ4v) is 3.74. The van der Waals surface area contributed by atoms with Crippen molar-refractivity contribution >= 4 is 23.6 Å². The van der Waals surface area contributed by atoms with Crippen LogP contribution in [0.1, 0.15) is 85.5 Å². The molecule has 1 aliphatic carbocycles. The molecule has 0 spiro atoms. The standard InChI is InChI=1S/C22H37NO6/c1-15(24)19(21(27)28-5)23-20(26)17(14-18(25)29-22(2,3)4)13-9-12-16-10-7-6-8-11-16/h16-17,19H,6-14H2,1-5H3,(H,23,26). The van der Waals surface area contributed by atoms with Crippen LogP contribution in [-0.2, 0) is 28.7 Å². The van der Waals surface area contributed by atoms with Crippen LogP contribution in [0.15, 0.2) is 0 Å². The summed E-state index contributed by atoms with van der Waals surface area (Å²) in [7, 11) is 1.16. The maximum Gasteiger partial charge on any atom is 0.336 e. The molecule has 1 aliphatic rings. The van der Waals surface area contributed by atoms with E-state index in [4.69, 9.17) is 4.74 Å². The van der Waals surface area contributed by atoms with Crippen molar-refractivity contribution in [3.05, 3.63) is 0 Å². The van der Waals surface area contributed by atoms with Gasteiger partial charge in [0.1, 0.15) is 5.60 Å². The lowest BCUT2D eigenvalue weighted by Crippen LogP contribution is -2.48. The molecule has 7 heteroatoms. The summed E-state index contributed by atoms with van der Waals surface area (Å²) in [6.45, 7) is 6.53. The van der Waals surface area contributed by atoms with Crippen LogP contribution in [0.4, 0.5) is 0 Å². The zero-order valence-corrected chi connectivity index (χ0v) is 18.5. The van der Waals surface area contributed by atoms with Gasteiger partial charge in [-0.15, -0.1) is 0 Å². The predicted molar refractivity (Wildman–Crippen MR) is 109 cm³/mol. The molecule has 2 unspecified atom stereocenters. The molecular weight excluding hydrogens is 374 g/mol. The predicted octanol–water partition coefficient (Wildman–Crippen LogP) is 3.33. The average molecular weight is 412 g/mol. The number of methoxy groups -OCH3 is 1.